The third kappa shape index (κ3) is 3.05. The molecule has 0 saturated heterocycles. The number of benzene rings is 2. The van der Waals surface area contributed by atoms with Crippen molar-refractivity contribution in [3.05, 3.63) is 84.3 Å². The minimum Gasteiger partial charge on any atom is -0.392 e. The second-order valence-electron chi connectivity index (χ2n) is 5.82. The van der Waals surface area contributed by atoms with E-state index >= 15 is 0 Å². The number of aromatic nitrogens is 3. The predicted octanol–water partition coefficient (Wildman–Crippen LogP) is 3.17. The number of amides is 1. The van der Waals surface area contributed by atoms with Crippen LogP contribution >= 0.6 is 0 Å². The largest absolute Gasteiger partial charge is 0.392 e. The molecule has 0 saturated carbocycles. The highest BCUT2D eigenvalue weighted by Gasteiger charge is 2.09. The number of aliphatic hydroxyl groups excluding tert-OH is 1. The van der Waals surface area contributed by atoms with E-state index in [1.165, 1.54) is 6.20 Å². The normalized spacial score (nSPS) is 10.8. The summed E-state index contributed by atoms with van der Waals surface area (Å²) in [7, 11) is 0. The topological polar surface area (TPSA) is 80.0 Å². The lowest BCUT2D eigenvalue weighted by molar-refractivity contribution is 0.102. The summed E-state index contributed by atoms with van der Waals surface area (Å²) in [5.41, 5.74) is 3.67. The lowest BCUT2D eigenvalue weighted by Gasteiger charge is -2.08. The van der Waals surface area contributed by atoms with Crippen molar-refractivity contribution >= 4 is 22.6 Å². The molecule has 2 heterocycles. The van der Waals surface area contributed by atoms with Crippen LogP contribution in [0.15, 0.2) is 73.2 Å². The van der Waals surface area contributed by atoms with Crippen LogP contribution in [0.3, 0.4) is 0 Å². The molecule has 0 aliphatic heterocycles. The molecule has 0 spiro atoms. The highest BCUT2D eigenvalue weighted by Crippen LogP contribution is 2.17. The minimum absolute atomic E-state index is 0.0706. The van der Waals surface area contributed by atoms with Crippen LogP contribution < -0.4 is 5.32 Å². The zero-order chi connectivity index (χ0) is 17.9. The van der Waals surface area contributed by atoms with Crippen LogP contribution in [0, 0.1) is 0 Å². The number of nitrogens with one attached hydrogen (secondary N) is 1. The zero-order valence-electron chi connectivity index (χ0n) is 13.8. The van der Waals surface area contributed by atoms with Crippen molar-refractivity contribution in [3.8, 4) is 5.82 Å². The van der Waals surface area contributed by atoms with E-state index in [2.05, 4.69) is 15.3 Å². The van der Waals surface area contributed by atoms with Crippen LogP contribution in [-0.2, 0) is 6.61 Å². The van der Waals surface area contributed by atoms with Crippen LogP contribution in [0.4, 0.5) is 5.69 Å². The summed E-state index contributed by atoms with van der Waals surface area (Å²) in [6.45, 7) is -0.0706. The molecule has 0 bridgehead atoms. The number of anilines is 1. The number of carbonyl (C=O) groups excluding carboxylic acids is 1. The van der Waals surface area contributed by atoms with E-state index in [1.807, 2.05) is 28.8 Å². The van der Waals surface area contributed by atoms with Crippen LogP contribution in [-0.4, -0.2) is 25.5 Å². The maximum Gasteiger partial charge on any atom is 0.257 e. The number of hydrogen-bond acceptors (Lipinski definition) is 4. The average molecular weight is 344 g/mol. The van der Waals surface area contributed by atoms with Crippen LogP contribution in [0.1, 0.15) is 15.9 Å². The van der Waals surface area contributed by atoms with Gasteiger partial charge in [0.15, 0.2) is 0 Å². The quantitative estimate of drug-likeness (QED) is 0.596. The molecule has 1 amide bonds. The van der Waals surface area contributed by atoms with Crippen molar-refractivity contribution in [2.24, 2.45) is 0 Å². The number of fused-ring (bicyclic) bond motifs is 1. The average Bonchev–Trinajstić information content (AvgIpc) is 3.12. The zero-order valence-corrected chi connectivity index (χ0v) is 13.8. The molecule has 2 aromatic heterocycles. The summed E-state index contributed by atoms with van der Waals surface area (Å²) in [5, 5.41) is 12.0. The Morgan fingerprint density at radius 1 is 1.04 bits per heavy atom. The highest BCUT2D eigenvalue weighted by molar-refractivity contribution is 6.04. The van der Waals surface area contributed by atoms with Gasteiger partial charge in [-0.3, -0.25) is 9.36 Å². The second-order valence-corrected chi connectivity index (χ2v) is 5.82. The molecule has 2 N–H and O–H groups in total. The Morgan fingerprint density at radius 3 is 2.73 bits per heavy atom. The maximum absolute atomic E-state index is 12.4. The van der Waals surface area contributed by atoms with E-state index < -0.39 is 0 Å². The molecule has 26 heavy (non-hydrogen) atoms. The first-order valence-electron chi connectivity index (χ1n) is 8.14. The van der Waals surface area contributed by atoms with Gasteiger partial charge in [-0.1, -0.05) is 24.3 Å². The Bertz CT molecular complexity index is 1070. The van der Waals surface area contributed by atoms with Crippen molar-refractivity contribution in [3.63, 3.8) is 0 Å². The maximum atomic E-state index is 12.4. The summed E-state index contributed by atoms with van der Waals surface area (Å²) < 4.78 is 1.88. The Hall–Kier alpha value is -3.51. The standard InChI is InChI=1S/C20H16N4O2/c25-12-14-4-3-5-16(10-14)23-20(26)15-8-9-19(21-11-15)24-13-22-17-6-1-2-7-18(17)24/h1-11,13,25H,12H2,(H,23,26). The summed E-state index contributed by atoms with van der Waals surface area (Å²) in [6.07, 6.45) is 3.25. The minimum atomic E-state index is -0.255. The first kappa shape index (κ1) is 16.0. The number of hydrogen-bond donors (Lipinski definition) is 2. The number of carbonyl (C=O) groups is 1. The van der Waals surface area contributed by atoms with Gasteiger partial charge in [0.25, 0.3) is 5.91 Å². The number of aliphatic hydroxyl groups is 1. The molecule has 0 atom stereocenters. The van der Waals surface area contributed by atoms with Crippen molar-refractivity contribution in [1.29, 1.82) is 0 Å². The van der Waals surface area contributed by atoms with Crippen molar-refractivity contribution in [2.75, 3.05) is 5.32 Å². The molecule has 0 radical (unpaired) electrons. The lowest BCUT2D eigenvalue weighted by Crippen LogP contribution is -2.12. The van der Waals surface area contributed by atoms with Crippen LogP contribution in [0.2, 0.25) is 0 Å². The van der Waals surface area contributed by atoms with Crippen LogP contribution in [0.25, 0.3) is 16.9 Å². The van der Waals surface area contributed by atoms with E-state index in [0.717, 1.165) is 16.6 Å². The lowest BCUT2D eigenvalue weighted by atomic mass is 10.2. The third-order valence-corrected chi connectivity index (χ3v) is 4.08. The first-order chi connectivity index (χ1) is 12.7. The number of pyridine rings is 1. The predicted molar refractivity (Wildman–Crippen MR) is 99.2 cm³/mol. The van der Waals surface area contributed by atoms with Gasteiger partial charge in [-0.25, -0.2) is 9.97 Å². The summed E-state index contributed by atoms with van der Waals surface area (Å²) in [6, 6.07) is 18.4. The van der Waals surface area contributed by atoms with Crippen LogP contribution in [0.5, 0.6) is 0 Å². The summed E-state index contributed by atoms with van der Waals surface area (Å²) in [4.78, 5) is 21.1. The van der Waals surface area contributed by atoms with Gasteiger partial charge in [-0.05, 0) is 42.0 Å². The molecule has 0 aliphatic rings. The van der Waals surface area contributed by atoms with Gasteiger partial charge in [-0.15, -0.1) is 0 Å². The van der Waals surface area contributed by atoms with Gasteiger partial charge in [0, 0.05) is 11.9 Å². The fourth-order valence-corrected chi connectivity index (χ4v) is 2.76. The Morgan fingerprint density at radius 2 is 1.92 bits per heavy atom. The Labute approximate surface area is 149 Å². The molecule has 0 unspecified atom stereocenters. The smallest absolute Gasteiger partial charge is 0.257 e. The number of para-hydroxylation sites is 2. The van der Waals surface area contributed by atoms with E-state index in [4.69, 9.17) is 0 Å². The van der Waals surface area contributed by atoms with Gasteiger partial charge < -0.3 is 10.4 Å². The van der Waals surface area contributed by atoms with Crippen molar-refractivity contribution in [1.82, 2.24) is 14.5 Å². The molecule has 4 aromatic rings. The van der Waals surface area contributed by atoms with Crippen molar-refractivity contribution < 1.29 is 9.90 Å². The van der Waals surface area contributed by atoms with Crippen molar-refractivity contribution in [2.45, 2.75) is 6.61 Å². The van der Waals surface area contributed by atoms with E-state index in [1.54, 1.807) is 42.7 Å². The molecular formula is C20H16N4O2. The van der Waals surface area contributed by atoms with Gasteiger partial charge in [0.05, 0.1) is 23.2 Å². The second kappa shape index (κ2) is 6.78. The first-order valence-corrected chi connectivity index (χ1v) is 8.14. The molecule has 0 fully saturated rings. The van der Waals surface area contributed by atoms with Gasteiger partial charge >= 0.3 is 0 Å². The van der Waals surface area contributed by atoms with Gasteiger partial charge in [-0.2, -0.15) is 0 Å². The summed E-state index contributed by atoms with van der Waals surface area (Å²) in [5.74, 6) is 0.437. The molecule has 0 aliphatic carbocycles. The molecule has 6 nitrogen and oxygen atoms in total. The van der Waals surface area contributed by atoms with E-state index in [-0.39, 0.29) is 12.5 Å². The SMILES string of the molecule is O=C(Nc1cccc(CO)c1)c1ccc(-n2cnc3ccccc32)nc1. The molecule has 2 aromatic carbocycles. The molecule has 4 rings (SSSR count). The fraction of sp³-hybridized carbons (Fsp3) is 0.0500. The van der Waals surface area contributed by atoms with E-state index in [9.17, 15) is 9.90 Å². The van der Waals surface area contributed by atoms with Gasteiger partial charge in [0.2, 0.25) is 0 Å². The molecule has 128 valence electrons. The number of nitrogens with zero attached hydrogens (tertiary/aromatic N) is 3. The molecule has 6 heteroatoms. The fourth-order valence-electron chi connectivity index (χ4n) is 2.76. The Kier molecular flexibility index (Phi) is 4.17. The monoisotopic (exact) mass is 344 g/mol. The Balaban J connectivity index is 1.56. The van der Waals surface area contributed by atoms with E-state index in [0.29, 0.717) is 17.1 Å². The number of rotatable bonds is 4. The number of imidazole rings is 1. The highest BCUT2D eigenvalue weighted by atomic mass is 16.3. The van der Waals surface area contributed by atoms with Gasteiger partial charge in [0.1, 0.15) is 12.1 Å². The summed E-state index contributed by atoms with van der Waals surface area (Å²) >= 11 is 0. The molecular weight excluding hydrogens is 328 g/mol. The third-order valence-electron chi connectivity index (χ3n) is 4.08.